The molecule has 1 aromatic heterocycles. The van der Waals surface area contributed by atoms with Gasteiger partial charge in [-0.15, -0.1) is 0 Å². The largest absolute Gasteiger partial charge is 0.354 e. The summed E-state index contributed by atoms with van der Waals surface area (Å²) in [4.78, 5) is 12.4. The zero-order valence-corrected chi connectivity index (χ0v) is 15.8. The van der Waals surface area contributed by atoms with Crippen molar-refractivity contribution in [1.82, 2.24) is 20.1 Å². The van der Waals surface area contributed by atoms with Crippen LogP contribution in [0.4, 0.5) is 0 Å². The Labute approximate surface area is 143 Å². The van der Waals surface area contributed by atoms with E-state index in [1.165, 1.54) is 5.57 Å². The van der Waals surface area contributed by atoms with Crippen LogP contribution in [0.25, 0.3) is 0 Å². The Morgan fingerprint density at radius 3 is 2.70 bits per heavy atom. The van der Waals surface area contributed by atoms with Crippen LogP contribution in [0.2, 0.25) is 0 Å². The molecule has 1 aromatic rings. The molecule has 0 radical (unpaired) electrons. The van der Waals surface area contributed by atoms with Crippen molar-refractivity contribution in [3.8, 4) is 0 Å². The summed E-state index contributed by atoms with van der Waals surface area (Å²) in [6.07, 6.45) is 2.22. The van der Waals surface area contributed by atoms with Gasteiger partial charge < -0.3 is 9.88 Å². The highest BCUT2D eigenvalue weighted by atomic mass is 32.1. The Kier molecular flexibility index (Phi) is 5.14. The molecule has 1 heterocycles. The fourth-order valence-electron chi connectivity index (χ4n) is 3.24. The minimum atomic E-state index is 0.0520. The summed E-state index contributed by atoms with van der Waals surface area (Å²) < 4.78 is 2.57. The third kappa shape index (κ3) is 3.74. The minimum Gasteiger partial charge on any atom is -0.354 e. The van der Waals surface area contributed by atoms with E-state index < -0.39 is 0 Å². The van der Waals surface area contributed by atoms with Crippen molar-refractivity contribution in [3.63, 3.8) is 0 Å². The van der Waals surface area contributed by atoms with Gasteiger partial charge in [0.1, 0.15) is 5.82 Å². The number of aromatic nitrogens is 3. The maximum absolute atomic E-state index is 12.4. The second kappa shape index (κ2) is 6.59. The first-order valence-corrected chi connectivity index (χ1v) is 8.65. The van der Waals surface area contributed by atoms with E-state index in [0.29, 0.717) is 29.7 Å². The van der Waals surface area contributed by atoms with Gasteiger partial charge in [0.25, 0.3) is 0 Å². The van der Waals surface area contributed by atoms with Crippen molar-refractivity contribution < 1.29 is 4.79 Å². The molecule has 6 heteroatoms. The van der Waals surface area contributed by atoms with Crippen LogP contribution >= 0.6 is 12.2 Å². The predicted octanol–water partition coefficient (Wildman–Crippen LogP) is 3.42. The highest BCUT2D eigenvalue weighted by Gasteiger charge is 2.60. The van der Waals surface area contributed by atoms with Gasteiger partial charge in [0.2, 0.25) is 5.91 Å². The molecule has 128 valence electrons. The lowest BCUT2D eigenvalue weighted by Gasteiger charge is -2.10. The molecule has 0 saturated heterocycles. The topological polar surface area (TPSA) is 62.7 Å². The van der Waals surface area contributed by atoms with Crippen molar-refractivity contribution in [2.45, 2.75) is 54.0 Å². The molecule has 5 nitrogen and oxygen atoms in total. The van der Waals surface area contributed by atoms with Crippen molar-refractivity contribution in [3.05, 3.63) is 22.2 Å². The van der Waals surface area contributed by atoms with Gasteiger partial charge >= 0.3 is 0 Å². The van der Waals surface area contributed by atoms with E-state index in [1.807, 2.05) is 4.57 Å². The summed E-state index contributed by atoms with van der Waals surface area (Å²) in [5, 5.41) is 10.1. The Balaban J connectivity index is 1.93. The first kappa shape index (κ1) is 17.9. The van der Waals surface area contributed by atoms with E-state index in [2.05, 4.69) is 63.1 Å². The number of allylic oxidation sites excluding steroid dienone is 2. The predicted molar refractivity (Wildman–Crippen MR) is 94.7 cm³/mol. The minimum absolute atomic E-state index is 0.0520. The van der Waals surface area contributed by atoms with Gasteiger partial charge in [-0.2, -0.15) is 5.10 Å². The average Bonchev–Trinajstić information content (AvgIpc) is 2.76. The fraction of sp³-hybridized carbons (Fsp3) is 0.706. The third-order valence-electron chi connectivity index (χ3n) is 4.64. The van der Waals surface area contributed by atoms with Crippen molar-refractivity contribution >= 4 is 18.1 Å². The molecule has 0 spiro atoms. The summed E-state index contributed by atoms with van der Waals surface area (Å²) in [6.45, 7) is 13.9. The summed E-state index contributed by atoms with van der Waals surface area (Å²) in [6, 6.07) is 0. The number of hydrogen-bond donors (Lipinski definition) is 2. The molecule has 0 aromatic carbocycles. The number of amides is 1. The van der Waals surface area contributed by atoms with E-state index in [1.54, 1.807) is 0 Å². The Morgan fingerprint density at radius 1 is 1.48 bits per heavy atom. The van der Waals surface area contributed by atoms with Crippen LogP contribution < -0.4 is 5.32 Å². The molecule has 0 unspecified atom stereocenters. The molecule has 1 fully saturated rings. The quantitative estimate of drug-likeness (QED) is 0.618. The molecule has 0 bridgehead atoms. The molecular weight excluding hydrogens is 308 g/mol. The van der Waals surface area contributed by atoms with Crippen LogP contribution in [0, 0.1) is 22.0 Å². The normalized spacial score (nSPS) is 22.0. The molecule has 23 heavy (non-hydrogen) atoms. The van der Waals surface area contributed by atoms with Crippen molar-refractivity contribution in [2.24, 2.45) is 17.3 Å². The molecule has 1 saturated carbocycles. The zero-order valence-electron chi connectivity index (χ0n) is 14.9. The van der Waals surface area contributed by atoms with Gasteiger partial charge in [-0.05, 0) is 37.4 Å². The van der Waals surface area contributed by atoms with Crippen molar-refractivity contribution in [1.29, 1.82) is 0 Å². The second-order valence-electron chi connectivity index (χ2n) is 7.55. The summed E-state index contributed by atoms with van der Waals surface area (Å²) in [5.41, 5.74) is 1.32. The number of carbonyl (C=O) groups is 1. The maximum Gasteiger partial charge on any atom is 0.224 e. The number of aromatic amines is 1. The second-order valence-corrected chi connectivity index (χ2v) is 7.94. The van der Waals surface area contributed by atoms with Crippen LogP contribution in [0.1, 0.15) is 53.3 Å². The maximum atomic E-state index is 12.4. The number of nitrogens with zero attached hydrogens (tertiary/aromatic N) is 2. The number of H-pyrrole nitrogens is 1. The number of hydrogen-bond acceptors (Lipinski definition) is 3. The molecule has 1 amide bonds. The third-order valence-corrected chi connectivity index (χ3v) is 4.96. The Bertz CT molecular complexity index is 664. The lowest BCUT2D eigenvalue weighted by Crippen LogP contribution is -2.30. The van der Waals surface area contributed by atoms with Gasteiger partial charge in [-0.1, -0.05) is 39.3 Å². The monoisotopic (exact) mass is 336 g/mol. The van der Waals surface area contributed by atoms with Gasteiger partial charge in [0, 0.05) is 19.0 Å². The molecule has 1 aliphatic carbocycles. The van der Waals surface area contributed by atoms with Gasteiger partial charge in [0.05, 0.1) is 5.92 Å². The highest BCUT2D eigenvalue weighted by molar-refractivity contribution is 7.71. The highest BCUT2D eigenvalue weighted by Crippen LogP contribution is 2.59. The van der Waals surface area contributed by atoms with Gasteiger partial charge in [-0.3, -0.25) is 9.89 Å². The SMILES string of the molecule is CC(C)=C[C@@H]1[C@H](C(=O)NCCn2c(C(C)C)n[nH]c2=S)C1(C)C. The summed E-state index contributed by atoms with van der Waals surface area (Å²) >= 11 is 5.26. The van der Waals surface area contributed by atoms with E-state index in [9.17, 15) is 4.79 Å². The number of carbonyl (C=O) groups excluding carboxylic acids is 1. The van der Waals surface area contributed by atoms with Crippen LogP contribution in [0.15, 0.2) is 11.6 Å². The molecule has 2 rings (SSSR count). The Hall–Kier alpha value is -1.43. The van der Waals surface area contributed by atoms with Crippen LogP contribution in [0.5, 0.6) is 0 Å². The lowest BCUT2D eigenvalue weighted by molar-refractivity contribution is -0.123. The van der Waals surface area contributed by atoms with E-state index >= 15 is 0 Å². The van der Waals surface area contributed by atoms with Crippen LogP contribution in [0.3, 0.4) is 0 Å². The first-order valence-electron chi connectivity index (χ1n) is 8.24. The smallest absolute Gasteiger partial charge is 0.224 e. The number of nitrogens with one attached hydrogen (secondary N) is 2. The molecule has 2 N–H and O–H groups in total. The standard InChI is InChI=1S/C17H28N4OS/c1-10(2)9-12-13(17(12,5)6)15(22)18-7-8-21-14(11(3)4)19-20-16(21)23/h9,11-13H,7-8H2,1-6H3,(H,18,22)(H,20,23)/t12-,13-/m1/s1. The fourth-order valence-corrected chi connectivity index (χ4v) is 3.47. The van der Waals surface area contributed by atoms with Crippen molar-refractivity contribution in [2.75, 3.05) is 6.54 Å². The number of rotatable bonds is 6. The molecule has 1 aliphatic rings. The van der Waals surface area contributed by atoms with Crippen LogP contribution in [-0.4, -0.2) is 27.2 Å². The summed E-state index contributed by atoms with van der Waals surface area (Å²) in [7, 11) is 0. The van der Waals surface area contributed by atoms with E-state index in [-0.39, 0.29) is 17.2 Å². The average molecular weight is 337 g/mol. The van der Waals surface area contributed by atoms with Gasteiger partial charge in [-0.25, -0.2) is 0 Å². The molecular formula is C17H28N4OS. The lowest BCUT2D eigenvalue weighted by atomic mass is 10.1. The van der Waals surface area contributed by atoms with E-state index in [0.717, 1.165) is 5.82 Å². The summed E-state index contributed by atoms with van der Waals surface area (Å²) in [5.74, 6) is 1.77. The van der Waals surface area contributed by atoms with Crippen LogP contribution in [-0.2, 0) is 11.3 Å². The van der Waals surface area contributed by atoms with Gasteiger partial charge in [0.15, 0.2) is 4.77 Å². The Morgan fingerprint density at radius 2 is 2.13 bits per heavy atom. The molecule has 2 atom stereocenters. The van der Waals surface area contributed by atoms with E-state index in [4.69, 9.17) is 12.2 Å². The zero-order chi connectivity index (χ0) is 17.4. The first-order chi connectivity index (χ1) is 10.7. The molecule has 0 aliphatic heterocycles.